The molecule has 0 saturated carbocycles. The van der Waals surface area contributed by atoms with Gasteiger partial charge in [-0.2, -0.15) is 18.4 Å². The lowest BCUT2D eigenvalue weighted by molar-refractivity contribution is -0.141. The Labute approximate surface area is 179 Å². The van der Waals surface area contributed by atoms with Crippen LogP contribution in [0.5, 0.6) is 0 Å². The van der Waals surface area contributed by atoms with Crippen LogP contribution < -0.4 is 4.72 Å². The van der Waals surface area contributed by atoms with Gasteiger partial charge in [0.15, 0.2) is 0 Å². The summed E-state index contributed by atoms with van der Waals surface area (Å²) in [5.41, 5.74) is -0.0336. The van der Waals surface area contributed by atoms with Gasteiger partial charge in [-0.3, -0.25) is 4.79 Å². The Morgan fingerprint density at radius 2 is 1.58 bits per heavy atom. The van der Waals surface area contributed by atoms with Crippen LogP contribution in [0.25, 0.3) is 0 Å². The van der Waals surface area contributed by atoms with Crippen LogP contribution in [0.1, 0.15) is 42.3 Å². The number of carbonyl (C=O) groups is 1. The molecule has 2 rings (SSSR count). The fourth-order valence-corrected chi connectivity index (χ4v) is 4.16. The quantitative estimate of drug-likeness (QED) is 0.720. The van der Waals surface area contributed by atoms with Crippen LogP contribution in [0.15, 0.2) is 53.4 Å². The highest BCUT2D eigenvalue weighted by atomic mass is 32.2. The van der Waals surface area contributed by atoms with Crippen LogP contribution in [0, 0.1) is 11.3 Å². The lowest BCUT2D eigenvalue weighted by Gasteiger charge is -2.24. The van der Waals surface area contributed by atoms with Gasteiger partial charge in [-0.1, -0.05) is 12.1 Å². The Hall–Kier alpha value is -2.90. The first-order chi connectivity index (χ1) is 14.2. The second kappa shape index (κ2) is 9.08. The Kier molecular flexibility index (Phi) is 7.14. The molecule has 31 heavy (non-hydrogen) atoms. The third-order valence-corrected chi connectivity index (χ3v) is 5.74. The maximum absolute atomic E-state index is 13.1. The van der Waals surface area contributed by atoms with E-state index in [1.54, 1.807) is 20.8 Å². The van der Waals surface area contributed by atoms with Crippen molar-refractivity contribution in [3.05, 3.63) is 65.2 Å². The van der Waals surface area contributed by atoms with E-state index in [1.165, 1.54) is 48.5 Å². The fraction of sp³-hybridized carbons (Fsp3) is 0.333. The van der Waals surface area contributed by atoms with Gasteiger partial charge in [0.25, 0.3) is 5.91 Å². The highest BCUT2D eigenvalue weighted by Gasteiger charge is 2.33. The van der Waals surface area contributed by atoms with E-state index in [1.807, 2.05) is 6.07 Å². The Balaban J connectivity index is 2.28. The number of nitriles is 1. The van der Waals surface area contributed by atoms with Crippen LogP contribution in [0.2, 0.25) is 0 Å². The molecule has 0 spiro atoms. The molecule has 0 aliphatic carbocycles. The molecule has 166 valence electrons. The van der Waals surface area contributed by atoms with Crippen molar-refractivity contribution in [3.8, 4) is 6.07 Å². The predicted molar refractivity (Wildman–Crippen MR) is 108 cm³/mol. The number of nitrogens with zero attached hydrogens (tertiary/aromatic N) is 2. The summed E-state index contributed by atoms with van der Waals surface area (Å²) in [7, 11) is -3.85. The molecule has 0 radical (unpaired) electrons. The van der Waals surface area contributed by atoms with Gasteiger partial charge in [-0.15, -0.1) is 0 Å². The normalized spacial score (nSPS) is 12.3. The molecule has 0 unspecified atom stereocenters. The molecular formula is C21H22F3N3O3S. The van der Waals surface area contributed by atoms with Crippen LogP contribution in [-0.4, -0.2) is 37.5 Å². The number of hydrogen-bond acceptors (Lipinski definition) is 4. The number of amides is 1. The number of rotatable bonds is 6. The minimum absolute atomic E-state index is 0.0763. The standard InChI is InChI=1S/C21H22F3N3O3S/c1-20(2,3)26-31(29,30)18-10-8-17(9-11-18)19(28)27(14-21(22,23)24)13-16-6-4-15(12-25)5-7-16/h4-11,26H,13-14H2,1-3H3. The van der Waals surface area contributed by atoms with Crippen molar-refractivity contribution in [2.75, 3.05) is 6.54 Å². The molecule has 1 N–H and O–H groups in total. The summed E-state index contributed by atoms with van der Waals surface area (Å²) < 4.78 is 66.4. The van der Waals surface area contributed by atoms with Crippen molar-refractivity contribution in [1.82, 2.24) is 9.62 Å². The number of nitrogens with one attached hydrogen (secondary N) is 1. The minimum atomic E-state index is -4.62. The van der Waals surface area contributed by atoms with Crippen LogP contribution in [0.4, 0.5) is 13.2 Å². The molecule has 0 fully saturated rings. The number of hydrogen-bond donors (Lipinski definition) is 1. The van der Waals surface area contributed by atoms with Crippen LogP contribution in [-0.2, 0) is 16.6 Å². The van der Waals surface area contributed by atoms with E-state index in [-0.39, 0.29) is 17.0 Å². The van der Waals surface area contributed by atoms with Crippen molar-refractivity contribution >= 4 is 15.9 Å². The Morgan fingerprint density at radius 1 is 1.03 bits per heavy atom. The van der Waals surface area contributed by atoms with Gasteiger partial charge in [0.1, 0.15) is 6.54 Å². The van der Waals surface area contributed by atoms with E-state index < -0.39 is 34.2 Å². The second-order valence-corrected chi connectivity index (χ2v) is 9.65. The van der Waals surface area contributed by atoms with Crippen molar-refractivity contribution in [3.63, 3.8) is 0 Å². The largest absolute Gasteiger partial charge is 0.406 e. The highest BCUT2D eigenvalue weighted by Crippen LogP contribution is 2.21. The first-order valence-electron chi connectivity index (χ1n) is 9.19. The molecule has 10 heteroatoms. The summed E-state index contributed by atoms with van der Waals surface area (Å²) in [6, 6.07) is 12.5. The second-order valence-electron chi connectivity index (χ2n) is 7.96. The number of carbonyl (C=O) groups excluding carboxylic acids is 1. The molecule has 0 aromatic heterocycles. The molecule has 1 amide bonds. The number of benzene rings is 2. The van der Waals surface area contributed by atoms with Gasteiger partial charge in [0, 0.05) is 17.6 Å². The summed E-state index contributed by atoms with van der Waals surface area (Å²) in [4.78, 5) is 13.3. The molecule has 0 saturated heterocycles. The Bertz CT molecular complexity index is 1070. The molecule has 0 aliphatic heterocycles. The third-order valence-electron chi connectivity index (χ3n) is 3.97. The van der Waals surface area contributed by atoms with Crippen molar-refractivity contribution < 1.29 is 26.4 Å². The summed E-state index contributed by atoms with van der Waals surface area (Å²) in [6.45, 7) is 3.20. The highest BCUT2D eigenvalue weighted by molar-refractivity contribution is 7.89. The summed E-state index contributed by atoms with van der Waals surface area (Å²) >= 11 is 0. The maximum Gasteiger partial charge on any atom is 0.406 e. The van der Waals surface area contributed by atoms with Gasteiger partial charge in [-0.25, -0.2) is 13.1 Å². The minimum Gasteiger partial charge on any atom is -0.325 e. The van der Waals surface area contributed by atoms with Gasteiger partial charge >= 0.3 is 6.18 Å². The monoisotopic (exact) mass is 453 g/mol. The van der Waals surface area contributed by atoms with E-state index in [4.69, 9.17) is 5.26 Å². The smallest absolute Gasteiger partial charge is 0.325 e. The topological polar surface area (TPSA) is 90.3 Å². The zero-order valence-electron chi connectivity index (χ0n) is 17.2. The van der Waals surface area contributed by atoms with E-state index in [0.717, 1.165) is 0 Å². The lowest BCUT2D eigenvalue weighted by atomic mass is 10.1. The maximum atomic E-state index is 13.1. The van der Waals surface area contributed by atoms with Gasteiger partial charge in [-0.05, 0) is 62.7 Å². The summed E-state index contributed by atoms with van der Waals surface area (Å²) in [6.07, 6.45) is -4.62. The molecule has 0 heterocycles. The van der Waals surface area contributed by atoms with Gasteiger partial charge in [0.05, 0.1) is 16.5 Å². The molecule has 6 nitrogen and oxygen atoms in total. The van der Waals surface area contributed by atoms with Gasteiger partial charge < -0.3 is 4.90 Å². The molecule has 0 bridgehead atoms. The van der Waals surface area contributed by atoms with E-state index in [2.05, 4.69) is 4.72 Å². The molecular weight excluding hydrogens is 431 g/mol. The first-order valence-corrected chi connectivity index (χ1v) is 10.7. The average Bonchev–Trinajstić information content (AvgIpc) is 2.65. The lowest BCUT2D eigenvalue weighted by Crippen LogP contribution is -2.40. The first kappa shape index (κ1) is 24.4. The summed E-state index contributed by atoms with van der Waals surface area (Å²) in [5, 5.41) is 8.83. The molecule has 0 aliphatic rings. The van der Waals surface area contributed by atoms with E-state index in [0.29, 0.717) is 16.0 Å². The number of halogens is 3. The SMILES string of the molecule is CC(C)(C)NS(=O)(=O)c1ccc(C(=O)N(Cc2ccc(C#N)cc2)CC(F)(F)F)cc1. The third kappa shape index (κ3) is 7.38. The molecule has 0 atom stereocenters. The van der Waals surface area contributed by atoms with Crippen molar-refractivity contribution in [2.45, 2.75) is 43.9 Å². The van der Waals surface area contributed by atoms with Gasteiger partial charge in [0.2, 0.25) is 10.0 Å². The molecule has 2 aromatic carbocycles. The average molecular weight is 453 g/mol. The summed E-state index contributed by atoms with van der Waals surface area (Å²) in [5.74, 6) is -0.894. The van der Waals surface area contributed by atoms with Crippen LogP contribution >= 0.6 is 0 Å². The number of sulfonamides is 1. The van der Waals surface area contributed by atoms with Crippen LogP contribution in [0.3, 0.4) is 0 Å². The van der Waals surface area contributed by atoms with Crippen molar-refractivity contribution in [1.29, 1.82) is 5.26 Å². The Morgan fingerprint density at radius 3 is 2.03 bits per heavy atom. The van der Waals surface area contributed by atoms with E-state index >= 15 is 0 Å². The predicted octanol–water partition coefficient (Wildman–Crippen LogP) is 3.84. The molecule has 2 aromatic rings. The fourth-order valence-electron chi connectivity index (χ4n) is 2.74. The van der Waals surface area contributed by atoms with Crippen molar-refractivity contribution in [2.24, 2.45) is 0 Å². The number of alkyl halides is 3. The zero-order chi connectivity index (χ0) is 23.4. The van der Waals surface area contributed by atoms with E-state index in [9.17, 15) is 26.4 Å². The zero-order valence-corrected chi connectivity index (χ0v) is 18.0.